The molecule has 33 heavy (non-hydrogen) atoms. The first-order valence-electron chi connectivity index (χ1n) is 10.7. The van der Waals surface area contributed by atoms with Gasteiger partial charge < -0.3 is 19.4 Å². The van der Waals surface area contributed by atoms with Gasteiger partial charge in [0.15, 0.2) is 17.1 Å². The molecule has 176 valence electrons. The third kappa shape index (κ3) is 5.94. The summed E-state index contributed by atoms with van der Waals surface area (Å²) in [5.41, 5.74) is 1.42. The number of benzene rings is 1. The zero-order valence-corrected chi connectivity index (χ0v) is 21.0. The van der Waals surface area contributed by atoms with Crippen molar-refractivity contribution < 1.29 is 19.1 Å². The van der Waals surface area contributed by atoms with Crippen molar-refractivity contribution >= 4 is 40.0 Å². The lowest BCUT2D eigenvalue weighted by Gasteiger charge is -2.17. The fourth-order valence-electron chi connectivity index (χ4n) is 3.20. The van der Waals surface area contributed by atoms with E-state index in [0.29, 0.717) is 28.1 Å². The SMILES string of the molecule is CCc1cc(C(=O)OC)c(NC(=O)CSc2nnc(C(C)Oc3ccccc3C)n2CC)s1. The summed E-state index contributed by atoms with van der Waals surface area (Å²) in [6.07, 6.45) is 0.465. The predicted molar refractivity (Wildman–Crippen MR) is 130 cm³/mol. The molecule has 3 aromatic rings. The second kappa shape index (κ2) is 11.3. The van der Waals surface area contributed by atoms with Crippen LogP contribution in [0.15, 0.2) is 35.5 Å². The fraction of sp³-hybridized carbons (Fsp3) is 0.391. The Hall–Kier alpha value is -2.85. The highest BCUT2D eigenvalue weighted by Gasteiger charge is 2.21. The van der Waals surface area contributed by atoms with E-state index in [-0.39, 0.29) is 17.8 Å². The zero-order chi connectivity index (χ0) is 24.0. The number of aromatic nitrogens is 3. The van der Waals surface area contributed by atoms with Gasteiger partial charge in [-0.3, -0.25) is 4.79 Å². The molecule has 0 saturated heterocycles. The Kier molecular flexibility index (Phi) is 8.51. The minimum absolute atomic E-state index is 0.130. The lowest BCUT2D eigenvalue weighted by molar-refractivity contribution is -0.113. The number of nitrogens with one attached hydrogen (secondary N) is 1. The van der Waals surface area contributed by atoms with E-state index in [0.717, 1.165) is 22.6 Å². The quantitative estimate of drug-likeness (QED) is 0.321. The number of thioether (sulfide) groups is 1. The Morgan fingerprint density at radius 1 is 1.24 bits per heavy atom. The summed E-state index contributed by atoms with van der Waals surface area (Å²) in [6.45, 7) is 8.56. The summed E-state index contributed by atoms with van der Waals surface area (Å²) < 4.78 is 12.9. The number of nitrogens with zero attached hydrogens (tertiary/aromatic N) is 3. The van der Waals surface area contributed by atoms with Crippen LogP contribution in [0.3, 0.4) is 0 Å². The largest absolute Gasteiger partial charge is 0.482 e. The Labute approximate surface area is 201 Å². The number of amides is 1. The number of para-hydroxylation sites is 1. The number of hydrogen-bond acceptors (Lipinski definition) is 8. The lowest BCUT2D eigenvalue weighted by Crippen LogP contribution is -2.16. The molecule has 0 spiro atoms. The van der Waals surface area contributed by atoms with E-state index in [1.54, 1.807) is 6.07 Å². The molecule has 1 aromatic carbocycles. The molecule has 0 saturated carbocycles. The number of aryl methyl sites for hydroxylation is 2. The summed E-state index contributed by atoms with van der Waals surface area (Å²) >= 11 is 2.67. The third-order valence-electron chi connectivity index (χ3n) is 4.94. The van der Waals surface area contributed by atoms with Crippen molar-refractivity contribution in [2.45, 2.75) is 51.9 Å². The van der Waals surface area contributed by atoms with Gasteiger partial charge >= 0.3 is 5.97 Å². The van der Waals surface area contributed by atoms with Crippen LogP contribution in [0.4, 0.5) is 5.00 Å². The van der Waals surface area contributed by atoms with Gasteiger partial charge in [-0.05, 0) is 44.9 Å². The number of ether oxygens (including phenoxy) is 2. The maximum Gasteiger partial charge on any atom is 0.340 e. The molecular formula is C23H28N4O4S2. The number of carbonyl (C=O) groups is 2. The van der Waals surface area contributed by atoms with Crippen molar-refractivity contribution in [1.29, 1.82) is 0 Å². The van der Waals surface area contributed by atoms with Crippen molar-refractivity contribution in [3.63, 3.8) is 0 Å². The monoisotopic (exact) mass is 488 g/mol. The maximum absolute atomic E-state index is 12.6. The van der Waals surface area contributed by atoms with Crippen molar-refractivity contribution in [3.8, 4) is 5.75 Å². The fourth-order valence-corrected chi connectivity index (χ4v) is 5.01. The van der Waals surface area contributed by atoms with E-state index in [1.165, 1.54) is 30.2 Å². The van der Waals surface area contributed by atoms with Gasteiger partial charge in [0.1, 0.15) is 10.8 Å². The molecule has 0 aliphatic heterocycles. The molecule has 1 N–H and O–H groups in total. The molecular weight excluding hydrogens is 460 g/mol. The first-order chi connectivity index (χ1) is 15.9. The molecule has 1 atom stereocenters. The lowest BCUT2D eigenvalue weighted by atomic mass is 10.2. The molecule has 0 aliphatic rings. The van der Waals surface area contributed by atoms with Crippen LogP contribution in [-0.2, 0) is 22.5 Å². The van der Waals surface area contributed by atoms with E-state index in [1.807, 2.05) is 56.5 Å². The van der Waals surface area contributed by atoms with Crippen LogP contribution in [0, 0.1) is 6.92 Å². The highest BCUT2D eigenvalue weighted by molar-refractivity contribution is 7.99. The molecule has 1 amide bonds. The summed E-state index contributed by atoms with van der Waals surface area (Å²) in [4.78, 5) is 25.6. The Morgan fingerprint density at radius 3 is 2.67 bits per heavy atom. The topological polar surface area (TPSA) is 95.3 Å². The summed E-state index contributed by atoms with van der Waals surface area (Å²) in [6, 6.07) is 9.58. The van der Waals surface area contributed by atoms with Crippen LogP contribution in [0.25, 0.3) is 0 Å². The second-order valence-electron chi connectivity index (χ2n) is 7.25. The van der Waals surface area contributed by atoms with E-state index in [4.69, 9.17) is 9.47 Å². The van der Waals surface area contributed by atoms with Gasteiger partial charge in [-0.25, -0.2) is 4.79 Å². The van der Waals surface area contributed by atoms with Crippen molar-refractivity contribution in [1.82, 2.24) is 14.8 Å². The minimum Gasteiger partial charge on any atom is -0.482 e. The van der Waals surface area contributed by atoms with E-state index in [9.17, 15) is 9.59 Å². The molecule has 2 aromatic heterocycles. The normalized spacial score (nSPS) is 11.8. The van der Waals surface area contributed by atoms with Crippen LogP contribution in [-0.4, -0.2) is 39.5 Å². The van der Waals surface area contributed by atoms with Crippen molar-refractivity contribution in [2.75, 3.05) is 18.2 Å². The van der Waals surface area contributed by atoms with Gasteiger partial charge in [-0.1, -0.05) is 36.9 Å². The van der Waals surface area contributed by atoms with Gasteiger partial charge in [0.25, 0.3) is 0 Å². The van der Waals surface area contributed by atoms with Gasteiger partial charge in [-0.15, -0.1) is 21.5 Å². The van der Waals surface area contributed by atoms with Crippen LogP contribution < -0.4 is 10.1 Å². The molecule has 3 rings (SSSR count). The number of rotatable bonds is 10. The predicted octanol–water partition coefficient (Wildman–Crippen LogP) is 4.89. The van der Waals surface area contributed by atoms with Crippen molar-refractivity contribution in [2.24, 2.45) is 0 Å². The third-order valence-corrected chi connectivity index (χ3v) is 7.11. The minimum atomic E-state index is -0.466. The average molecular weight is 489 g/mol. The molecule has 10 heteroatoms. The number of carbonyl (C=O) groups excluding carboxylic acids is 2. The number of thiophene rings is 1. The summed E-state index contributed by atoms with van der Waals surface area (Å²) in [7, 11) is 1.33. The molecule has 0 bridgehead atoms. The Bertz CT molecular complexity index is 1130. The smallest absolute Gasteiger partial charge is 0.340 e. The van der Waals surface area contributed by atoms with E-state index < -0.39 is 5.97 Å². The van der Waals surface area contributed by atoms with Crippen molar-refractivity contribution in [3.05, 3.63) is 52.2 Å². The van der Waals surface area contributed by atoms with Gasteiger partial charge in [0.2, 0.25) is 5.91 Å². The summed E-state index contributed by atoms with van der Waals surface area (Å²) in [5, 5.41) is 12.6. The maximum atomic E-state index is 12.6. The second-order valence-corrected chi connectivity index (χ2v) is 9.33. The molecule has 0 radical (unpaired) electrons. The summed E-state index contributed by atoms with van der Waals surface area (Å²) in [5.74, 6) is 0.930. The van der Waals surface area contributed by atoms with Gasteiger partial charge in [0.05, 0.1) is 18.4 Å². The Balaban J connectivity index is 1.67. The average Bonchev–Trinajstić information content (AvgIpc) is 3.42. The van der Waals surface area contributed by atoms with E-state index >= 15 is 0 Å². The highest BCUT2D eigenvalue weighted by atomic mass is 32.2. The number of methoxy groups -OCH3 is 1. The molecule has 0 aliphatic carbocycles. The number of anilines is 1. The number of hydrogen-bond donors (Lipinski definition) is 1. The number of esters is 1. The standard InChI is InChI=1S/C23H28N4O4S2/c1-6-16-12-17(22(29)30-5)21(33-16)24-19(28)13-32-23-26-25-20(27(23)7-2)15(4)31-18-11-9-8-10-14(18)3/h8-12,15H,6-7,13H2,1-5H3,(H,24,28). The van der Waals surface area contributed by atoms with Crippen LogP contribution in [0.5, 0.6) is 5.75 Å². The molecule has 2 heterocycles. The Morgan fingerprint density at radius 2 is 2.00 bits per heavy atom. The molecule has 0 fully saturated rings. The van der Waals surface area contributed by atoms with E-state index in [2.05, 4.69) is 15.5 Å². The molecule has 1 unspecified atom stereocenters. The van der Waals surface area contributed by atoms with Crippen LogP contribution in [0.2, 0.25) is 0 Å². The van der Waals surface area contributed by atoms with Gasteiger partial charge in [0, 0.05) is 11.4 Å². The first-order valence-corrected chi connectivity index (χ1v) is 12.5. The van der Waals surface area contributed by atoms with Crippen LogP contribution >= 0.6 is 23.1 Å². The highest BCUT2D eigenvalue weighted by Crippen LogP contribution is 2.30. The first kappa shape index (κ1) is 24.8. The van der Waals surface area contributed by atoms with Crippen LogP contribution in [0.1, 0.15) is 53.5 Å². The molecule has 8 nitrogen and oxygen atoms in total. The zero-order valence-electron chi connectivity index (χ0n) is 19.4. The van der Waals surface area contributed by atoms with Gasteiger partial charge in [-0.2, -0.15) is 0 Å².